The Morgan fingerprint density at radius 1 is 0.900 bits per heavy atom. The summed E-state index contributed by atoms with van der Waals surface area (Å²) >= 11 is 0. The summed E-state index contributed by atoms with van der Waals surface area (Å²) in [5.74, 6) is 0. The van der Waals surface area contributed by atoms with Crippen molar-refractivity contribution in [2.24, 2.45) is 0 Å². The number of hydrogen-bond acceptors (Lipinski definition) is 2. The molecule has 1 aliphatic rings. The van der Waals surface area contributed by atoms with Crippen LogP contribution in [0.5, 0.6) is 0 Å². The van der Waals surface area contributed by atoms with Crippen LogP contribution in [0.1, 0.15) is 28.3 Å². The molecule has 3 rings (SSSR count). The van der Waals surface area contributed by atoms with Crippen LogP contribution in [0, 0.1) is 0 Å². The zero-order chi connectivity index (χ0) is 13.1. The van der Waals surface area contributed by atoms with Gasteiger partial charge in [0.15, 0.2) is 0 Å². The highest BCUT2D eigenvalue weighted by Crippen LogP contribution is 2.32. The molecule has 0 saturated heterocycles. The van der Waals surface area contributed by atoms with Gasteiger partial charge in [0.05, 0.1) is 12.6 Å². The van der Waals surface area contributed by atoms with E-state index in [2.05, 4.69) is 53.8 Å². The van der Waals surface area contributed by atoms with Gasteiger partial charge in [0, 0.05) is 6.54 Å². The molecule has 1 aliphatic carbocycles. The van der Waals surface area contributed by atoms with Crippen molar-refractivity contribution in [3.05, 3.63) is 70.8 Å². The number of fused-ring (bicyclic) bond motifs is 2. The summed E-state index contributed by atoms with van der Waals surface area (Å²) in [6.45, 7) is 0.786. The largest absolute Gasteiger partial charge is 0.395 e. The Kier molecular flexibility index (Phi) is 5.18. The Morgan fingerprint density at radius 3 is 1.90 bits per heavy atom. The van der Waals surface area contributed by atoms with E-state index in [0.29, 0.717) is 6.54 Å². The number of rotatable bonds is 3. The van der Waals surface area contributed by atoms with Gasteiger partial charge in [-0.15, -0.1) is 12.4 Å². The molecule has 0 heterocycles. The molecule has 0 saturated carbocycles. The Labute approximate surface area is 126 Å². The molecule has 0 aliphatic heterocycles. The molecular weight excluding hydrogens is 270 g/mol. The highest BCUT2D eigenvalue weighted by atomic mass is 35.5. The van der Waals surface area contributed by atoms with E-state index in [0.717, 1.165) is 12.8 Å². The van der Waals surface area contributed by atoms with Crippen LogP contribution in [0.4, 0.5) is 0 Å². The van der Waals surface area contributed by atoms with Gasteiger partial charge in [-0.1, -0.05) is 48.5 Å². The van der Waals surface area contributed by atoms with Gasteiger partial charge < -0.3 is 10.4 Å². The molecule has 2 nitrogen and oxygen atoms in total. The molecule has 0 amide bonds. The summed E-state index contributed by atoms with van der Waals surface area (Å²) in [5, 5.41) is 12.6. The molecule has 0 bridgehead atoms. The number of halogens is 1. The summed E-state index contributed by atoms with van der Waals surface area (Å²) in [7, 11) is 0. The predicted octanol–water partition coefficient (Wildman–Crippen LogP) is 2.88. The van der Waals surface area contributed by atoms with Crippen LogP contribution in [-0.2, 0) is 12.8 Å². The predicted molar refractivity (Wildman–Crippen MR) is 84.5 cm³/mol. The standard InChI is InChI=1S/C17H19NO.ClH/c19-12-11-18-17-15-7-3-1-5-13(15)9-10-14-6-2-4-8-16(14)17;/h1-8,17-19H,9-12H2;1H. The van der Waals surface area contributed by atoms with Gasteiger partial charge in [-0.05, 0) is 35.1 Å². The maximum absolute atomic E-state index is 9.10. The lowest BCUT2D eigenvalue weighted by molar-refractivity contribution is 0.288. The summed E-state index contributed by atoms with van der Waals surface area (Å²) < 4.78 is 0. The SMILES string of the molecule is Cl.OCCNC1c2ccccc2CCc2ccccc21. The van der Waals surface area contributed by atoms with Crippen molar-refractivity contribution >= 4 is 12.4 Å². The van der Waals surface area contributed by atoms with Gasteiger partial charge >= 0.3 is 0 Å². The molecule has 2 aromatic carbocycles. The van der Waals surface area contributed by atoms with Crippen LogP contribution in [0.3, 0.4) is 0 Å². The third-order valence-electron chi connectivity index (χ3n) is 3.86. The van der Waals surface area contributed by atoms with Crippen LogP contribution in [0.15, 0.2) is 48.5 Å². The second kappa shape index (κ2) is 6.89. The van der Waals surface area contributed by atoms with E-state index in [1.165, 1.54) is 22.3 Å². The molecule has 0 fully saturated rings. The second-order valence-electron chi connectivity index (χ2n) is 5.01. The van der Waals surface area contributed by atoms with Gasteiger partial charge in [0.25, 0.3) is 0 Å². The van der Waals surface area contributed by atoms with Crippen molar-refractivity contribution in [3.63, 3.8) is 0 Å². The number of aryl methyl sites for hydroxylation is 2. The van der Waals surface area contributed by atoms with Crippen LogP contribution >= 0.6 is 12.4 Å². The normalized spacial score (nSPS) is 13.8. The monoisotopic (exact) mass is 289 g/mol. The summed E-state index contributed by atoms with van der Waals surface area (Å²) in [4.78, 5) is 0. The first-order valence-corrected chi connectivity index (χ1v) is 6.90. The molecule has 2 N–H and O–H groups in total. The average Bonchev–Trinajstić information content (AvgIpc) is 2.62. The Hall–Kier alpha value is -1.35. The number of aliphatic hydroxyl groups excluding tert-OH is 1. The Balaban J connectivity index is 0.00000147. The maximum Gasteiger partial charge on any atom is 0.0582 e. The van der Waals surface area contributed by atoms with Gasteiger partial charge in [0.2, 0.25) is 0 Å². The van der Waals surface area contributed by atoms with Crippen LogP contribution in [-0.4, -0.2) is 18.3 Å². The van der Waals surface area contributed by atoms with Crippen molar-refractivity contribution in [2.45, 2.75) is 18.9 Å². The quantitative estimate of drug-likeness (QED) is 0.911. The third-order valence-corrected chi connectivity index (χ3v) is 3.86. The third kappa shape index (κ3) is 2.88. The van der Waals surface area contributed by atoms with Crippen molar-refractivity contribution < 1.29 is 5.11 Å². The van der Waals surface area contributed by atoms with Crippen LogP contribution < -0.4 is 5.32 Å². The van der Waals surface area contributed by atoms with Crippen LogP contribution in [0.2, 0.25) is 0 Å². The molecule has 0 spiro atoms. The molecule has 0 radical (unpaired) electrons. The lowest BCUT2D eigenvalue weighted by Crippen LogP contribution is -2.26. The molecule has 20 heavy (non-hydrogen) atoms. The van der Waals surface area contributed by atoms with E-state index < -0.39 is 0 Å². The summed E-state index contributed by atoms with van der Waals surface area (Å²) in [5.41, 5.74) is 5.52. The average molecular weight is 290 g/mol. The van der Waals surface area contributed by atoms with Gasteiger partial charge in [-0.25, -0.2) is 0 Å². The fraction of sp³-hybridized carbons (Fsp3) is 0.294. The zero-order valence-corrected chi connectivity index (χ0v) is 12.2. The summed E-state index contributed by atoms with van der Waals surface area (Å²) in [6.07, 6.45) is 2.18. The van der Waals surface area contributed by atoms with E-state index in [-0.39, 0.29) is 25.1 Å². The summed E-state index contributed by atoms with van der Waals surface area (Å²) in [6, 6.07) is 17.4. The van der Waals surface area contributed by atoms with Gasteiger partial charge in [-0.2, -0.15) is 0 Å². The van der Waals surface area contributed by atoms with Crippen molar-refractivity contribution in [3.8, 4) is 0 Å². The fourth-order valence-corrected chi connectivity index (χ4v) is 2.95. The minimum atomic E-state index is 0. The first-order valence-electron chi connectivity index (χ1n) is 6.90. The molecule has 0 unspecified atom stereocenters. The van der Waals surface area contributed by atoms with Crippen molar-refractivity contribution in [1.82, 2.24) is 5.32 Å². The molecule has 2 aromatic rings. The first-order chi connectivity index (χ1) is 9.40. The molecule has 0 aromatic heterocycles. The highest BCUT2D eigenvalue weighted by molar-refractivity contribution is 5.85. The molecular formula is C17H20ClNO. The minimum Gasteiger partial charge on any atom is -0.395 e. The van der Waals surface area contributed by atoms with Gasteiger partial charge in [0.1, 0.15) is 0 Å². The molecule has 0 atom stereocenters. The number of nitrogens with one attached hydrogen (secondary N) is 1. The lowest BCUT2D eigenvalue weighted by atomic mass is 9.95. The highest BCUT2D eigenvalue weighted by Gasteiger charge is 2.22. The first kappa shape index (κ1) is 15.0. The van der Waals surface area contributed by atoms with Crippen molar-refractivity contribution in [2.75, 3.05) is 13.2 Å². The lowest BCUT2D eigenvalue weighted by Gasteiger charge is -2.21. The second-order valence-corrected chi connectivity index (χ2v) is 5.01. The minimum absolute atomic E-state index is 0. The van der Waals surface area contributed by atoms with Crippen LogP contribution in [0.25, 0.3) is 0 Å². The Bertz CT molecular complexity index is 523. The number of hydrogen-bond donors (Lipinski definition) is 2. The van der Waals surface area contributed by atoms with Crippen molar-refractivity contribution in [1.29, 1.82) is 0 Å². The van der Waals surface area contributed by atoms with E-state index in [4.69, 9.17) is 5.11 Å². The van der Waals surface area contributed by atoms with E-state index in [9.17, 15) is 0 Å². The van der Waals surface area contributed by atoms with Gasteiger partial charge in [-0.3, -0.25) is 0 Å². The Morgan fingerprint density at radius 2 is 1.40 bits per heavy atom. The molecule has 106 valence electrons. The van der Waals surface area contributed by atoms with E-state index in [1.807, 2.05) is 0 Å². The van der Waals surface area contributed by atoms with E-state index >= 15 is 0 Å². The number of benzene rings is 2. The fourth-order valence-electron chi connectivity index (χ4n) is 2.95. The number of aliphatic hydroxyl groups is 1. The topological polar surface area (TPSA) is 32.3 Å². The van der Waals surface area contributed by atoms with E-state index in [1.54, 1.807) is 0 Å². The zero-order valence-electron chi connectivity index (χ0n) is 11.4. The molecule has 3 heteroatoms. The maximum atomic E-state index is 9.10. The smallest absolute Gasteiger partial charge is 0.0582 e.